The van der Waals surface area contributed by atoms with Gasteiger partial charge in [-0.25, -0.2) is 0 Å². The average Bonchev–Trinajstić information content (AvgIpc) is 3.38. The Hall–Kier alpha value is -2.12. The first-order valence-corrected chi connectivity index (χ1v) is 11.4. The van der Waals surface area contributed by atoms with E-state index in [1.54, 1.807) is 0 Å². The van der Waals surface area contributed by atoms with E-state index in [1.165, 1.54) is 37.3 Å². The number of carbonyl (C=O) groups excluding carboxylic acids is 2. The summed E-state index contributed by atoms with van der Waals surface area (Å²) in [6, 6.07) is 9.63. The van der Waals surface area contributed by atoms with Crippen molar-refractivity contribution in [3.8, 4) is 0 Å². The second-order valence-corrected chi connectivity index (χ2v) is 8.67. The fourth-order valence-electron chi connectivity index (χ4n) is 3.58. The van der Waals surface area contributed by atoms with Crippen molar-refractivity contribution in [2.24, 2.45) is 0 Å². The maximum atomic E-state index is 12.1. The van der Waals surface area contributed by atoms with E-state index in [9.17, 15) is 9.59 Å². The number of aryl methyl sites for hydroxylation is 1. The Morgan fingerprint density at radius 3 is 2.55 bits per heavy atom. The van der Waals surface area contributed by atoms with Crippen LogP contribution in [0.2, 0.25) is 0 Å². The zero-order valence-electron chi connectivity index (χ0n) is 16.9. The number of hydrogen-bond acceptors (Lipinski definition) is 6. The van der Waals surface area contributed by atoms with Crippen LogP contribution in [0.5, 0.6) is 0 Å². The number of ketones is 1. The van der Waals surface area contributed by atoms with Crippen LogP contribution in [-0.2, 0) is 22.4 Å². The molecule has 0 aliphatic carbocycles. The zero-order valence-corrected chi connectivity index (χ0v) is 17.8. The van der Waals surface area contributed by atoms with Gasteiger partial charge in [0.25, 0.3) is 0 Å². The third-order valence-electron chi connectivity index (χ3n) is 5.15. The van der Waals surface area contributed by atoms with E-state index in [2.05, 4.69) is 20.4 Å². The lowest BCUT2D eigenvalue weighted by atomic mass is 10.1. The van der Waals surface area contributed by atoms with E-state index in [0.29, 0.717) is 30.2 Å². The number of unbranched alkanes of at least 4 members (excludes halogenated alkanes) is 1. The van der Waals surface area contributed by atoms with Crippen LogP contribution in [0.1, 0.15) is 55.5 Å². The van der Waals surface area contributed by atoms with E-state index in [4.69, 9.17) is 0 Å². The number of amides is 1. The van der Waals surface area contributed by atoms with Crippen molar-refractivity contribution in [1.29, 1.82) is 0 Å². The number of benzene rings is 1. The van der Waals surface area contributed by atoms with Crippen LogP contribution >= 0.6 is 11.3 Å². The Morgan fingerprint density at radius 1 is 1.00 bits per heavy atom. The van der Waals surface area contributed by atoms with Crippen molar-refractivity contribution >= 4 is 28.2 Å². The van der Waals surface area contributed by atoms with Crippen molar-refractivity contribution in [3.63, 3.8) is 0 Å². The molecule has 7 heteroatoms. The van der Waals surface area contributed by atoms with Gasteiger partial charge in [0, 0.05) is 19.3 Å². The highest BCUT2D eigenvalue weighted by atomic mass is 32.1. The quantitative estimate of drug-likeness (QED) is 0.534. The highest BCUT2D eigenvalue weighted by Crippen LogP contribution is 2.18. The van der Waals surface area contributed by atoms with Gasteiger partial charge in [0.15, 0.2) is 0 Å². The largest absolute Gasteiger partial charge is 0.303 e. The number of hydrogen-bond donors (Lipinski definition) is 1. The van der Waals surface area contributed by atoms with Crippen LogP contribution < -0.4 is 5.32 Å². The molecule has 1 fully saturated rings. The summed E-state index contributed by atoms with van der Waals surface area (Å²) in [5.41, 5.74) is 0.972. The molecule has 1 saturated heterocycles. The lowest BCUT2D eigenvalue weighted by Crippen LogP contribution is -2.20. The van der Waals surface area contributed by atoms with Gasteiger partial charge in [0.05, 0.1) is 6.42 Å². The molecule has 1 N–H and O–H groups in total. The maximum absolute atomic E-state index is 12.1. The molecule has 0 bridgehead atoms. The Balaban J connectivity index is 1.27. The zero-order chi connectivity index (χ0) is 20.3. The van der Waals surface area contributed by atoms with Gasteiger partial charge in [-0.1, -0.05) is 41.7 Å². The summed E-state index contributed by atoms with van der Waals surface area (Å²) in [5.74, 6) is 0.286. The number of anilines is 1. The number of aromatic nitrogens is 2. The monoisotopic (exact) mass is 414 g/mol. The van der Waals surface area contributed by atoms with Gasteiger partial charge in [-0.05, 0) is 57.3 Å². The molecule has 156 valence electrons. The van der Waals surface area contributed by atoms with Crippen LogP contribution in [0.3, 0.4) is 0 Å². The number of carbonyl (C=O) groups is 2. The number of Topliss-reactive ketones (excluding diaryl/α,β-unsaturated/α-hetero) is 1. The first kappa shape index (κ1) is 21.6. The fourth-order valence-corrected chi connectivity index (χ4v) is 4.38. The molecule has 1 aromatic heterocycles. The van der Waals surface area contributed by atoms with Crippen LogP contribution in [0.4, 0.5) is 5.13 Å². The third-order valence-corrected chi connectivity index (χ3v) is 6.04. The standard InChI is InChI=1S/C22H30N4O2S/c27-19(12-8-16-26-14-6-7-15-26)11-4-5-13-21-24-25-22(29-21)23-20(28)17-18-9-2-1-3-10-18/h1-3,9-10H,4-8,11-17H2,(H,23,25,28). The lowest BCUT2D eigenvalue weighted by Gasteiger charge is -2.13. The van der Waals surface area contributed by atoms with E-state index < -0.39 is 0 Å². The van der Waals surface area contributed by atoms with Crippen molar-refractivity contribution in [2.75, 3.05) is 25.0 Å². The lowest BCUT2D eigenvalue weighted by molar-refractivity contribution is -0.119. The first-order valence-electron chi connectivity index (χ1n) is 10.6. The molecule has 0 saturated carbocycles. The summed E-state index contributed by atoms with van der Waals surface area (Å²) in [5, 5.41) is 12.5. The topological polar surface area (TPSA) is 75.2 Å². The Kier molecular flexibility index (Phi) is 8.77. The molecular weight excluding hydrogens is 384 g/mol. The number of nitrogens with one attached hydrogen (secondary N) is 1. The van der Waals surface area contributed by atoms with Crippen LogP contribution in [0, 0.1) is 0 Å². The summed E-state index contributed by atoms with van der Waals surface area (Å²) in [6.45, 7) is 3.46. The van der Waals surface area contributed by atoms with Gasteiger partial charge in [-0.3, -0.25) is 9.59 Å². The molecule has 0 unspecified atom stereocenters. The minimum atomic E-state index is -0.0848. The van der Waals surface area contributed by atoms with E-state index >= 15 is 0 Å². The SMILES string of the molecule is O=C(CCCCc1nnc(NC(=O)Cc2ccccc2)s1)CCCN1CCCC1. The molecule has 2 heterocycles. The second-order valence-electron chi connectivity index (χ2n) is 7.61. The predicted molar refractivity (Wildman–Crippen MR) is 116 cm³/mol. The second kappa shape index (κ2) is 11.8. The van der Waals surface area contributed by atoms with E-state index in [1.807, 2.05) is 30.3 Å². The molecule has 1 aliphatic rings. The molecule has 0 radical (unpaired) electrons. The van der Waals surface area contributed by atoms with Crippen LogP contribution in [0.25, 0.3) is 0 Å². The minimum Gasteiger partial charge on any atom is -0.303 e. The maximum Gasteiger partial charge on any atom is 0.230 e. The summed E-state index contributed by atoms with van der Waals surface area (Å²) in [7, 11) is 0. The van der Waals surface area contributed by atoms with Crippen molar-refractivity contribution < 1.29 is 9.59 Å². The Morgan fingerprint density at radius 2 is 1.76 bits per heavy atom. The van der Waals surface area contributed by atoms with E-state index in [0.717, 1.165) is 42.8 Å². The average molecular weight is 415 g/mol. The van der Waals surface area contributed by atoms with E-state index in [-0.39, 0.29) is 5.91 Å². The van der Waals surface area contributed by atoms with Crippen molar-refractivity contribution in [3.05, 3.63) is 40.9 Å². The summed E-state index contributed by atoms with van der Waals surface area (Å²) < 4.78 is 0. The van der Waals surface area contributed by atoms with Crippen LogP contribution in [0.15, 0.2) is 30.3 Å². The molecule has 6 nitrogen and oxygen atoms in total. The molecule has 1 amide bonds. The molecule has 0 atom stereocenters. The Labute approximate surface area is 176 Å². The molecule has 1 aromatic carbocycles. The summed E-state index contributed by atoms with van der Waals surface area (Å²) in [6.07, 6.45) is 7.88. The highest BCUT2D eigenvalue weighted by molar-refractivity contribution is 7.15. The van der Waals surface area contributed by atoms with Crippen molar-refractivity contribution in [2.45, 2.75) is 57.8 Å². The van der Waals surface area contributed by atoms with Gasteiger partial charge >= 0.3 is 0 Å². The minimum absolute atomic E-state index is 0.0848. The van der Waals surface area contributed by atoms with Gasteiger partial charge in [-0.15, -0.1) is 10.2 Å². The molecule has 1 aliphatic heterocycles. The number of likely N-dealkylation sites (tertiary alicyclic amines) is 1. The molecule has 29 heavy (non-hydrogen) atoms. The van der Waals surface area contributed by atoms with Crippen molar-refractivity contribution in [1.82, 2.24) is 15.1 Å². The van der Waals surface area contributed by atoms with Gasteiger partial charge in [0.1, 0.15) is 10.8 Å². The summed E-state index contributed by atoms with van der Waals surface area (Å²) in [4.78, 5) is 26.6. The van der Waals surface area contributed by atoms with Gasteiger partial charge in [-0.2, -0.15) is 0 Å². The number of nitrogens with zero attached hydrogens (tertiary/aromatic N) is 3. The molecular formula is C22H30N4O2S. The molecule has 2 aromatic rings. The predicted octanol–water partition coefficient (Wildman–Crippen LogP) is 3.88. The van der Waals surface area contributed by atoms with Gasteiger partial charge in [0.2, 0.25) is 11.0 Å². The normalized spacial score (nSPS) is 14.2. The summed E-state index contributed by atoms with van der Waals surface area (Å²) >= 11 is 1.41. The fraction of sp³-hybridized carbons (Fsp3) is 0.545. The first-order chi connectivity index (χ1) is 14.2. The Bertz CT molecular complexity index is 772. The molecule has 0 spiro atoms. The van der Waals surface area contributed by atoms with Gasteiger partial charge < -0.3 is 10.2 Å². The molecule has 3 rings (SSSR count). The third kappa shape index (κ3) is 8.03. The van der Waals surface area contributed by atoms with Crippen LogP contribution in [-0.4, -0.2) is 46.4 Å². The highest BCUT2D eigenvalue weighted by Gasteiger charge is 2.12. The smallest absolute Gasteiger partial charge is 0.230 e. The number of rotatable bonds is 12.